The summed E-state index contributed by atoms with van der Waals surface area (Å²) in [5, 5.41) is 5.93. The Morgan fingerprint density at radius 2 is 2.00 bits per heavy atom. The van der Waals surface area contributed by atoms with E-state index >= 15 is 0 Å². The minimum absolute atomic E-state index is 0.229. The van der Waals surface area contributed by atoms with Crippen LogP contribution in [0.15, 0.2) is 41.3 Å². The highest BCUT2D eigenvalue weighted by atomic mass is 16.2. The number of amides is 2. The second kappa shape index (κ2) is 8.89. The lowest BCUT2D eigenvalue weighted by Crippen LogP contribution is -2.48. The molecule has 3 fully saturated rings. The molecule has 0 bridgehead atoms. The average molecular weight is 452 g/mol. The predicted octanol–water partition coefficient (Wildman–Crippen LogP) is 1.23. The van der Waals surface area contributed by atoms with Crippen molar-refractivity contribution >= 4 is 11.8 Å². The van der Waals surface area contributed by atoms with Crippen molar-refractivity contribution < 1.29 is 4.79 Å². The van der Waals surface area contributed by atoms with E-state index in [1.54, 1.807) is 17.2 Å². The summed E-state index contributed by atoms with van der Waals surface area (Å²) in [5.41, 5.74) is 7.83. The SMILES string of the molecule is CCN(Cc1ccc(-n2ccc(NC(=O)N3CCNCC3)nc2=O)cc1)C12CC(CN)C1C2. The molecule has 3 aliphatic rings. The lowest BCUT2D eigenvalue weighted by Gasteiger charge is -2.42. The molecule has 3 unspecified atom stereocenters. The summed E-state index contributed by atoms with van der Waals surface area (Å²) in [6.07, 6.45) is 4.16. The molecule has 3 atom stereocenters. The van der Waals surface area contributed by atoms with Crippen LogP contribution in [-0.2, 0) is 6.54 Å². The van der Waals surface area contributed by atoms with Crippen molar-refractivity contribution in [3.63, 3.8) is 0 Å². The number of piperazine rings is 1. The van der Waals surface area contributed by atoms with Gasteiger partial charge in [0.1, 0.15) is 5.82 Å². The molecule has 9 nitrogen and oxygen atoms in total. The van der Waals surface area contributed by atoms with Crippen LogP contribution in [0.1, 0.15) is 25.3 Å². The van der Waals surface area contributed by atoms with Crippen molar-refractivity contribution in [1.29, 1.82) is 0 Å². The summed E-state index contributed by atoms with van der Waals surface area (Å²) in [6, 6.07) is 9.50. The van der Waals surface area contributed by atoms with Gasteiger partial charge in [0.15, 0.2) is 0 Å². The first-order valence-corrected chi connectivity index (χ1v) is 11.9. The fraction of sp³-hybridized carbons (Fsp3) is 0.542. The van der Waals surface area contributed by atoms with Crippen LogP contribution >= 0.6 is 0 Å². The van der Waals surface area contributed by atoms with Crippen molar-refractivity contribution in [2.75, 3.05) is 44.6 Å². The number of nitrogens with zero attached hydrogens (tertiary/aromatic N) is 4. The minimum Gasteiger partial charge on any atom is -0.330 e. The normalized spacial score (nSPS) is 26.0. The third-order valence-electron chi connectivity index (χ3n) is 7.63. The molecule has 2 aliphatic carbocycles. The molecule has 33 heavy (non-hydrogen) atoms. The number of carbonyl (C=O) groups excluding carboxylic acids is 1. The molecule has 9 heteroatoms. The van der Waals surface area contributed by atoms with E-state index < -0.39 is 5.69 Å². The first kappa shape index (κ1) is 22.1. The summed E-state index contributed by atoms with van der Waals surface area (Å²) in [7, 11) is 0. The molecule has 1 saturated heterocycles. The summed E-state index contributed by atoms with van der Waals surface area (Å²) in [5.74, 6) is 1.74. The molecule has 2 saturated carbocycles. The lowest BCUT2D eigenvalue weighted by molar-refractivity contribution is 0.0650. The zero-order valence-electron chi connectivity index (χ0n) is 19.2. The number of carbonyl (C=O) groups is 1. The number of anilines is 1. The second-order valence-corrected chi connectivity index (χ2v) is 9.43. The molecular weight excluding hydrogens is 418 g/mol. The zero-order valence-corrected chi connectivity index (χ0v) is 19.2. The van der Waals surface area contributed by atoms with Gasteiger partial charge in [-0.05, 0) is 61.5 Å². The average Bonchev–Trinajstić information content (AvgIpc) is 3.43. The van der Waals surface area contributed by atoms with E-state index in [9.17, 15) is 9.59 Å². The molecule has 2 amide bonds. The Hall–Kier alpha value is -2.75. The number of nitrogens with one attached hydrogen (secondary N) is 2. The van der Waals surface area contributed by atoms with E-state index in [0.29, 0.717) is 24.5 Å². The topological polar surface area (TPSA) is 109 Å². The van der Waals surface area contributed by atoms with Gasteiger partial charge in [-0.2, -0.15) is 4.98 Å². The van der Waals surface area contributed by atoms with Crippen LogP contribution in [0, 0.1) is 11.8 Å². The van der Waals surface area contributed by atoms with Crippen LogP contribution in [0.25, 0.3) is 5.69 Å². The molecule has 5 rings (SSSR count). The van der Waals surface area contributed by atoms with Crippen molar-refractivity contribution in [2.45, 2.75) is 31.8 Å². The molecule has 1 aromatic carbocycles. The van der Waals surface area contributed by atoms with Crippen LogP contribution in [0.2, 0.25) is 0 Å². The standard InChI is InChI=1S/C24H33N7O2/c1-2-30(24-13-18(15-25)20(24)14-24)16-17-3-5-19(6-4-17)31-10-7-21(28-23(31)33)27-22(32)29-11-8-26-9-12-29/h3-7,10,18,20,26H,2,8-9,11-16,25H2,1H3,(H,27,28,32,33). The van der Waals surface area contributed by atoms with E-state index in [4.69, 9.17) is 5.73 Å². The van der Waals surface area contributed by atoms with Crippen LogP contribution in [0.4, 0.5) is 10.6 Å². The monoisotopic (exact) mass is 451 g/mol. The number of nitrogens with two attached hydrogens (primary N) is 1. The predicted molar refractivity (Wildman–Crippen MR) is 127 cm³/mol. The number of rotatable bonds is 7. The highest BCUT2D eigenvalue weighted by Crippen LogP contribution is 2.66. The number of aromatic nitrogens is 2. The summed E-state index contributed by atoms with van der Waals surface area (Å²) >= 11 is 0. The van der Waals surface area contributed by atoms with Crippen molar-refractivity contribution in [3.05, 3.63) is 52.6 Å². The Morgan fingerprint density at radius 1 is 1.24 bits per heavy atom. The van der Waals surface area contributed by atoms with Gasteiger partial charge < -0.3 is 16.0 Å². The van der Waals surface area contributed by atoms with Gasteiger partial charge in [-0.3, -0.25) is 14.8 Å². The minimum atomic E-state index is -0.418. The first-order chi connectivity index (χ1) is 16.0. The lowest BCUT2D eigenvalue weighted by atomic mass is 9.79. The molecule has 2 heterocycles. The van der Waals surface area contributed by atoms with E-state index in [2.05, 4.69) is 39.6 Å². The quantitative estimate of drug-likeness (QED) is 0.584. The van der Waals surface area contributed by atoms with Gasteiger partial charge in [0.2, 0.25) is 0 Å². The number of urea groups is 1. The summed E-state index contributed by atoms with van der Waals surface area (Å²) in [6.45, 7) is 7.78. The third-order valence-corrected chi connectivity index (χ3v) is 7.63. The molecule has 1 aliphatic heterocycles. The molecule has 4 N–H and O–H groups in total. The Labute approximate surface area is 194 Å². The molecule has 0 spiro atoms. The van der Waals surface area contributed by atoms with E-state index in [1.807, 2.05) is 12.1 Å². The molecule has 176 valence electrons. The molecule has 1 aromatic heterocycles. The fourth-order valence-corrected chi connectivity index (χ4v) is 5.63. The van der Waals surface area contributed by atoms with E-state index in [0.717, 1.165) is 44.3 Å². The number of fused-ring (bicyclic) bond motifs is 1. The van der Waals surface area contributed by atoms with Gasteiger partial charge in [-0.25, -0.2) is 9.59 Å². The maximum absolute atomic E-state index is 12.6. The summed E-state index contributed by atoms with van der Waals surface area (Å²) in [4.78, 5) is 33.3. The van der Waals surface area contributed by atoms with Crippen molar-refractivity contribution in [3.8, 4) is 5.69 Å². The molecule has 2 aromatic rings. The number of benzene rings is 1. The maximum Gasteiger partial charge on any atom is 0.354 e. The smallest absolute Gasteiger partial charge is 0.330 e. The number of hydrogen-bond acceptors (Lipinski definition) is 6. The van der Waals surface area contributed by atoms with E-state index in [1.165, 1.54) is 23.0 Å². The summed E-state index contributed by atoms with van der Waals surface area (Å²) < 4.78 is 1.50. The van der Waals surface area contributed by atoms with Gasteiger partial charge in [0, 0.05) is 44.5 Å². The maximum atomic E-state index is 12.6. The van der Waals surface area contributed by atoms with Gasteiger partial charge in [-0.15, -0.1) is 0 Å². The molecular formula is C24H33N7O2. The highest BCUT2D eigenvalue weighted by Gasteiger charge is 2.68. The molecule has 0 radical (unpaired) electrons. The zero-order chi connectivity index (χ0) is 23.0. The van der Waals surface area contributed by atoms with Gasteiger partial charge >= 0.3 is 11.7 Å². The first-order valence-electron chi connectivity index (χ1n) is 11.9. The second-order valence-electron chi connectivity index (χ2n) is 9.43. The van der Waals surface area contributed by atoms with Gasteiger partial charge in [0.05, 0.1) is 5.69 Å². The Balaban J connectivity index is 1.23. The Bertz CT molecular complexity index is 1060. The largest absolute Gasteiger partial charge is 0.354 e. The third kappa shape index (κ3) is 4.16. The van der Waals surface area contributed by atoms with Crippen molar-refractivity contribution in [1.82, 2.24) is 24.7 Å². The highest BCUT2D eigenvalue weighted by molar-refractivity contribution is 5.88. The van der Waals surface area contributed by atoms with Gasteiger partial charge in [-0.1, -0.05) is 19.1 Å². The Kier molecular flexibility index (Phi) is 5.94. The van der Waals surface area contributed by atoms with Gasteiger partial charge in [0.25, 0.3) is 0 Å². The Morgan fingerprint density at radius 3 is 2.64 bits per heavy atom. The van der Waals surface area contributed by atoms with Crippen molar-refractivity contribution in [2.24, 2.45) is 17.6 Å². The van der Waals surface area contributed by atoms with E-state index in [-0.39, 0.29) is 11.8 Å². The van der Waals surface area contributed by atoms with Crippen LogP contribution in [0.5, 0.6) is 0 Å². The van der Waals surface area contributed by atoms with Crippen LogP contribution in [0.3, 0.4) is 0 Å². The van der Waals surface area contributed by atoms with Crippen LogP contribution in [-0.4, -0.2) is 70.2 Å². The fourth-order valence-electron chi connectivity index (χ4n) is 5.63. The number of hydrogen-bond donors (Lipinski definition) is 3. The van der Waals surface area contributed by atoms with Crippen LogP contribution < -0.4 is 22.1 Å².